The van der Waals surface area contributed by atoms with Crippen molar-refractivity contribution in [2.45, 2.75) is 19.9 Å². The minimum absolute atomic E-state index is 0.0547. The number of hydrogen-bond acceptors (Lipinski definition) is 4. The van der Waals surface area contributed by atoms with E-state index in [0.29, 0.717) is 5.13 Å². The van der Waals surface area contributed by atoms with Gasteiger partial charge >= 0.3 is 6.03 Å². The zero-order valence-electron chi connectivity index (χ0n) is 9.02. The first-order valence-corrected chi connectivity index (χ1v) is 5.49. The number of aliphatic hydroxyl groups excluding tert-OH is 1. The predicted molar refractivity (Wildman–Crippen MR) is 60.2 cm³/mol. The number of carbonyl (C=O) groups excluding carboxylic acids is 1. The molecule has 0 fully saturated rings. The molecule has 1 aromatic heterocycles. The lowest BCUT2D eigenvalue weighted by molar-refractivity contribution is 0.166. The van der Waals surface area contributed by atoms with Crippen LogP contribution in [0.15, 0.2) is 5.38 Å². The molecule has 0 aliphatic rings. The van der Waals surface area contributed by atoms with E-state index in [-0.39, 0.29) is 18.7 Å². The second kappa shape index (κ2) is 5.09. The molecule has 0 bridgehead atoms. The number of nitrogens with zero attached hydrogens (tertiary/aromatic N) is 2. The van der Waals surface area contributed by atoms with Gasteiger partial charge in [-0.05, 0) is 13.8 Å². The summed E-state index contributed by atoms with van der Waals surface area (Å²) in [6, 6.07) is -0.461. The van der Waals surface area contributed by atoms with E-state index >= 15 is 0 Å². The molecule has 1 aromatic rings. The Morgan fingerprint density at radius 2 is 2.47 bits per heavy atom. The van der Waals surface area contributed by atoms with Crippen LogP contribution in [0.5, 0.6) is 0 Å². The minimum Gasteiger partial charge on any atom is -0.394 e. The van der Waals surface area contributed by atoms with Gasteiger partial charge in [0.25, 0.3) is 0 Å². The fourth-order valence-electron chi connectivity index (χ4n) is 0.914. The normalized spacial score (nSPS) is 12.3. The highest BCUT2D eigenvalue weighted by atomic mass is 32.1. The van der Waals surface area contributed by atoms with E-state index in [1.165, 1.54) is 16.2 Å². The summed E-state index contributed by atoms with van der Waals surface area (Å²) >= 11 is 1.38. The van der Waals surface area contributed by atoms with Gasteiger partial charge in [-0.3, -0.25) is 5.32 Å². The first kappa shape index (κ1) is 11.9. The standard InChI is InChI=1S/C9H15N3O2S/c1-6-5-15-8(10-6)11-9(14)12(3)7(2)4-13/h5,7,13H,4H2,1-3H3,(H,10,11,14). The number of nitrogens with one attached hydrogen (secondary N) is 1. The number of hydrogen-bond donors (Lipinski definition) is 2. The van der Waals surface area contributed by atoms with Crippen LogP contribution in [0.1, 0.15) is 12.6 Å². The van der Waals surface area contributed by atoms with Crippen molar-refractivity contribution in [3.05, 3.63) is 11.1 Å². The maximum atomic E-state index is 11.6. The van der Waals surface area contributed by atoms with E-state index in [1.807, 2.05) is 12.3 Å². The molecule has 0 aliphatic heterocycles. The molecular formula is C9H15N3O2S. The van der Waals surface area contributed by atoms with Gasteiger partial charge in [0.2, 0.25) is 0 Å². The molecule has 0 aliphatic carbocycles. The van der Waals surface area contributed by atoms with Crippen molar-refractivity contribution < 1.29 is 9.90 Å². The Morgan fingerprint density at radius 1 is 1.80 bits per heavy atom. The van der Waals surface area contributed by atoms with Crippen molar-refractivity contribution in [1.82, 2.24) is 9.88 Å². The number of likely N-dealkylation sites (N-methyl/N-ethyl adjacent to an activating group) is 1. The van der Waals surface area contributed by atoms with Gasteiger partial charge in [0.1, 0.15) is 0 Å². The molecule has 0 radical (unpaired) electrons. The molecule has 1 rings (SSSR count). The highest BCUT2D eigenvalue weighted by molar-refractivity contribution is 7.13. The van der Waals surface area contributed by atoms with Crippen LogP contribution < -0.4 is 5.32 Å². The fourth-order valence-corrected chi connectivity index (χ4v) is 1.59. The van der Waals surface area contributed by atoms with E-state index in [2.05, 4.69) is 10.3 Å². The fraction of sp³-hybridized carbons (Fsp3) is 0.556. The molecule has 0 saturated heterocycles. The smallest absolute Gasteiger partial charge is 0.323 e. The number of rotatable bonds is 3. The number of urea groups is 1. The number of thiazole rings is 1. The van der Waals surface area contributed by atoms with Gasteiger partial charge in [-0.15, -0.1) is 11.3 Å². The Morgan fingerprint density at radius 3 is 2.93 bits per heavy atom. The molecule has 15 heavy (non-hydrogen) atoms. The number of amides is 2. The van der Waals surface area contributed by atoms with Crippen molar-refractivity contribution >= 4 is 22.5 Å². The van der Waals surface area contributed by atoms with E-state index < -0.39 is 0 Å². The summed E-state index contributed by atoms with van der Waals surface area (Å²) in [5.41, 5.74) is 0.883. The zero-order chi connectivity index (χ0) is 11.4. The molecule has 1 atom stereocenters. The van der Waals surface area contributed by atoms with Gasteiger partial charge in [0.05, 0.1) is 18.3 Å². The first-order valence-electron chi connectivity index (χ1n) is 4.61. The second-order valence-corrected chi connectivity index (χ2v) is 4.22. The van der Waals surface area contributed by atoms with Gasteiger partial charge in [-0.2, -0.15) is 0 Å². The molecule has 2 amide bonds. The Balaban J connectivity index is 2.55. The highest BCUT2D eigenvalue weighted by Crippen LogP contribution is 2.14. The summed E-state index contributed by atoms with van der Waals surface area (Å²) in [5.74, 6) is 0. The highest BCUT2D eigenvalue weighted by Gasteiger charge is 2.15. The average molecular weight is 229 g/mol. The average Bonchev–Trinajstić information content (AvgIpc) is 2.61. The van der Waals surface area contributed by atoms with Gasteiger partial charge < -0.3 is 10.0 Å². The minimum atomic E-state index is -0.258. The van der Waals surface area contributed by atoms with Crippen LogP contribution in [0.2, 0.25) is 0 Å². The Hall–Kier alpha value is -1.14. The van der Waals surface area contributed by atoms with Crippen LogP contribution >= 0.6 is 11.3 Å². The van der Waals surface area contributed by atoms with Crippen molar-refractivity contribution in [1.29, 1.82) is 0 Å². The summed E-state index contributed by atoms with van der Waals surface area (Å²) in [7, 11) is 1.64. The third kappa shape index (κ3) is 3.17. The molecule has 84 valence electrons. The number of anilines is 1. The third-order valence-corrected chi connectivity index (χ3v) is 2.95. The second-order valence-electron chi connectivity index (χ2n) is 3.37. The molecule has 5 nitrogen and oxygen atoms in total. The first-order chi connectivity index (χ1) is 7.04. The molecule has 6 heteroatoms. The summed E-state index contributed by atoms with van der Waals surface area (Å²) in [5, 5.41) is 14.0. The lowest BCUT2D eigenvalue weighted by atomic mass is 10.3. The van der Waals surface area contributed by atoms with Gasteiger partial charge in [0, 0.05) is 12.4 Å². The zero-order valence-corrected chi connectivity index (χ0v) is 9.84. The van der Waals surface area contributed by atoms with Crippen LogP contribution in [-0.2, 0) is 0 Å². The Kier molecular flexibility index (Phi) is 4.05. The van der Waals surface area contributed by atoms with Crippen molar-refractivity contribution in [2.75, 3.05) is 19.0 Å². The molecule has 1 unspecified atom stereocenters. The van der Waals surface area contributed by atoms with Crippen LogP contribution in [0, 0.1) is 6.92 Å². The van der Waals surface area contributed by atoms with Crippen LogP contribution in [0.3, 0.4) is 0 Å². The molecule has 2 N–H and O–H groups in total. The quantitative estimate of drug-likeness (QED) is 0.821. The maximum Gasteiger partial charge on any atom is 0.323 e. The lowest BCUT2D eigenvalue weighted by Gasteiger charge is -2.22. The van der Waals surface area contributed by atoms with Crippen LogP contribution in [0.4, 0.5) is 9.93 Å². The predicted octanol–water partition coefficient (Wildman–Crippen LogP) is 1.30. The number of aliphatic hydroxyl groups is 1. The van der Waals surface area contributed by atoms with E-state index in [4.69, 9.17) is 5.11 Å². The van der Waals surface area contributed by atoms with Crippen LogP contribution in [-0.4, -0.2) is 40.7 Å². The van der Waals surface area contributed by atoms with E-state index in [0.717, 1.165) is 5.69 Å². The monoisotopic (exact) mass is 229 g/mol. The molecule has 0 spiro atoms. The summed E-state index contributed by atoms with van der Waals surface area (Å²) in [4.78, 5) is 17.1. The third-order valence-electron chi connectivity index (χ3n) is 2.08. The van der Waals surface area contributed by atoms with Crippen molar-refractivity contribution in [2.24, 2.45) is 0 Å². The van der Waals surface area contributed by atoms with Gasteiger partial charge in [0.15, 0.2) is 5.13 Å². The molecule has 1 heterocycles. The van der Waals surface area contributed by atoms with Crippen LogP contribution in [0.25, 0.3) is 0 Å². The van der Waals surface area contributed by atoms with E-state index in [9.17, 15) is 4.79 Å². The summed E-state index contributed by atoms with van der Waals surface area (Å²) in [6.45, 7) is 3.58. The molecule has 0 saturated carbocycles. The Labute approximate surface area is 92.7 Å². The largest absolute Gasteiger partial charge is 0.394 e. The number of aromatic nitrogens is 1. The van der Waals surface area contributed by atoms with Crippen molar-refractivity contribution in [3.8, 4) is 0 Å². The number of carbonyl (C=O) groups is 1. The number of aryl methyl sites for hydroxylation is 1. The summed E-state index contributed by atoms with van der Waals surface area (Å²) in [6.07, 6.45) is 0. The van der Waals surface area contributed by atoms with Gasteiger partial charge in [-0.25, -0.2) is 9.78 Å². The Bertz CT molecular complexity index is 340. The van der Waals surface area contributed by atoms with Crippen molar-refractivity contribution in [3.63, 3.8) is 0 Å². The summed E-state index contributed by atoms with van der Waals surface area (Å²) < 4.78 is 0. The molecular weight excluding hydrogens is 214 g/mol. The SMILES string of the molecule is Cc1csc(NC(=O)N(C)C(C)CO)n1. The maximum absolute atomic E-state index is 11.6. The lowest BCUT2D eigenvalue weighted by Crippen LogP contribution is -2.40. The van der Waals surface area contributed by atoms with E-state index in [1.54, 1.807) is 14.0 Å². The molecule has 0 aromatic carbocycles. The van der Waals surface area contributed by atoms with Gasteiger partial charge in [-0.1, -0.05) is 0 Å². The topological polar surface area (TPSA) is 65.5 Å².